The number of nitrogens with zero attached hydrogens (tertiary/aromatic N) is 3. The Morgan fingerprint density at radius 3 is 2.65 bits per heavy atom. The van der Waals surface area contributed by atoms with Crippen LogP contribution in [0.5, 0.6) is 5.75 Å². The molecule has 170 valence electrons. The summed E-state index contributed by atoms with van der Waals surface area (Å²) in [5.74, 6) is 1.21. The van der Waals surface area contributed by atoms with Crippen LogP contribution in [0.4, 0.5) is 0 Å². The molecule has 3 aromatic heterocycles. The number of aromatic amines is 1. The van der Waals surface area contributed by atoms with Crippen LogP contribution >= 0.6 is 0 Å². The zero-order chi connectivity index (χ0) is 23.5. The van der Waals surface area contributed by atoms with Crippen molar-refractivity contribution in [2.45, 2.75) is 26.5 Å². The Hall–Kier alpha value is -4.39. The van der Waals surface area contributed by atoms with Crippen LogP contribution in [0.1, 0.15) is 40.4 Å². The number of fused-ring (bicyclic) bond motifs is 1. The van der Waals surface area contributed by atoms with Gasteiger partial charge in [-0.15, -0.1) is 0 Å². The molecule has 0 aliphatic heterocycles. The number of aromatic nitrogens is 4. The van der Waals surface area contributed by atoms with Crippen molar-refractivity contribution in [3.8, 4) is 17.0 Å². The summed E-state index contributed by atoms with van der Waals surface area (Å²) >= 11 is 0. The Labute approximate surface area is 197 Å². The van der Waals surface area contributed by atoms with Gasteiger partial charge in [0.15, 0.2) is 0 Å². The molecule has 5 aromatic rings. The smallest absolute Gasteiger partial charge is 0.251 e. The Kier molecular flexibility index (Phi) is 5.82. The lowest BCUT2D eigenvalue weighted by Crippen LogP contribution is -2.27. The van der Waals surface area contributed by atoms with Crippen LogP contribution in [-0.2, 0) is 6.61 Å². The lowest BCUT2D eigenvalue weighted by atomic mass is 10.2. The first-order valence-electron chi connectivity index (χ1n) is 11.1. The molecule has 0 saturated heterocycles. The number of ether oxygens (including phenoxy) is 1. The number of pyridine rings is 1. The van der Waals surface area contributed by atoms with Crippen molar-refractivity contribution in [1.29, 1.82) is 0 Å². The van der Waals surface area contributed by atoms with Gasteiger partial charge in [-0.05, 0) is 55.3 Å². The summed E-state index contributed by atoms with van der Waals surface area (Å²) < 4.78 is 7.86. The fourth-order valence-corrected chi connectivity index (χ4v) is 3.80. The van der Waals surface area contributed by atoms with Gasteiger partial charge in [-0.1, -0.05) is 36.4 Å². The molecule has 1 atom stereocenters. The zero-order valence-electron chi connectivity index (χ0n) is 19.0. The van der Waals surface area contributed by atoms with Crippen molar-refractivity contribution in [3.05, 3.63) is 108 Å². The molecule has 2 aromatic carbocycles. The van der Waals surface area contributed by atoms with Gasteiger partial charge < -0.3 is 19.4 Å². The lowest BCUT2D eigenvalue weighted by Gasteiger charge is -2.12. The normalized spacial score (nSPS) is 11.9. The van der Waals surface area contributed by atoms with Crippen LogP contribution in [0.3, 0.4) is 0 Å². The molecule has 5 rings (SSSR count). The molecule has 0 bridgehead atoms. The van der Waals surface area contributed by atoms with Gasteiger partial charge in [0, 0.05) is 18.0 Å². The average Bonchev–Trinajstić information content (AvgIpc) is 3.52. The zero-order valence-corrected chi connectivity index (χ0v) is 19.0. The number of benzene rings is 2. The lowest BCUT2D eigenvalue weighted by molar-refractivity contribution is 0.0938. The molecule has 0 fully saturated rings. The van der Waals surface area contributed by atoms with Crippen molar-refractivity contribution < 1.29 is 9.53 Å². The second-order valence-corrected chi connectivity index (χ2v) is 8.21. The number of hydrogen-bond acceptors (Lipinski definition) is 4. The first kappa shape index (κ1) is 21.5. The second-order valence-electron chi connectivity index (χ2n) is 8.21. The van der Waals surface area contributed by atoms with Gasteiger partial charge in [-0.3, -0.25) is 4.79 Å². The van der Waals surface area contributed by atoms with E-state index >= 15 is 0 Å². The van der Waals surface area contributed by atoms with E-state index in [0.29, 0.717) is 23.7 Å². The maximum Gasteiger partial charge on any atom is 0.251 e. The third-order valence-electron chi connectivity index (χ3n) is 5.67. The summed E-state index contributed by atoms with van der Waals surface area (Å²) in [4.78, 5) is 25.1. The van der Waals surface area contributed by atoms with Crippen molar-refractivity contribution in [1.82, 2.24) is 24.7 Å². The Morgan fingerprint density at radius 2 is 1.88 bits per heavy atom. The van der Waals surface area contributed by atoms with Crippen LogP contribution in [-0.4, -0.2) is 25.3 Å². The van der Waals surface area contributed by atoms with Crippen LogP contribution in [0.15, 0.2) is 85.3 Å². The summed E-state index contributed by atoms with van der Waals surface area (Å²) in [7, 11) is 0. The number of carbonyl (C=O) groups excluding carboxylic acids is 1. The highest BCUT2D eigenvalue weighted by atomic mass is 16.5. The molecule has 3 heterocycles. The van der Waals surface area contributed by atoms with E-state index in [0.717, 1.165) is 28.2 Å². The fourth-order valence-electron chi connectivity index (χ4n) is 3.80. The van der Waals surface area contributed by atoms with E-state index < -0.39 is 0 Å². The van der Waals surface area contributed by atoms with Crippen LogP contribution in [0, 0.1) is 6.92 Å². The van der Waals surface area contributed by atoms with E-state index in [1.807, 2.05) is 73.1 Å². The fraction of sp³-hybridized carbons (Fsp3) is 0.148. The van der Waals surface area contributed by atoms with Gasteiger partial charge in [0.25, 0.3) is 5.91 Å². The largest absolute Gasteiger partial charge is 0.487 e. The third-order valence-corrected chi connectivity index (χ3v) is 5.67. The number of imidazole rings is 2. The molecule has 0 radical (unpaired) electrons. The van der Waals surface area contributed by atoms with E-state index in [9.17, 15) is 4.79 Å². The van der Waals surface area contributed by atoms with Gasteiger partial charge in [0.1, 0.15) is 23.8 Å². The molecule has 0 aliphatic carbocycles. The molecule has 2 N–H and O–H groups in total. The average molecular weight is 452 g/mol. The minimum atomic E-state index is -0.264. The van der Waals surface area contributed by atoms with Crippen LogP contribution < -0.4 is 10.1 Å². The highest BCUT2D eigenvalue weighted by molar-refractivity contribution is 5.94. The number of amides is 1. The highest BCUT2D eigenvalue weighted by Crippen LogP contribution is 2.20. The molecule has 1 amide bonds. The first-order valence-corrected chi connectivity index (χ1v) is 11.1. The topological polar surface area (TPSA) is 84.3 Å². The SMILES string of the molecule is Cc1cccn2cc(COc3ccc(C(=O)NC(C)c4ncc(-c5ccccc5)[nH]4)cc3)nc12. The van der Waals surface area contributed by atoms with Gasteiger partial charge in [-0.25, -0.2) is 9.97 Å². The maximum atomic E-state index is 12.7. The summed E-state index contributed by atoms with van der Waals surface area (Å²) in [5.41, 5.74) is 5.41. The first-order chi connectivity index (χ1) is 16.6. The predicted octanol–water partition coefficient (Wildman–Crippen LogP) is 5.10. The molecule has 0 saturated carbocycles. The predicted molar refractivity (Wildman–Crippen MR) is 131 cm³/mol. The molecule has 1 unspecified atom stereocenters. The maximum absolute atomic E-state index is 12.7. The number of hydrogen-bond donors (Lipinski definition) is 2. The number of nitrogens with one attached hydrogen (secondary N) is 2. The summed E-state index contributed by atoms with van der Waals surface area (Å²) in [6.45, 7) is 4.29. The standard InChI is InChI=1S/C27H25N5O2/c1-18-7-6-14-32-16-22(30-26(18)32)17-34-23-12-10-21(11-13-23)27(33)29-19(2)25-28-15-24(31-25)20-8-4-3-5-9-20/h3-16,19H,17H2,1-2H3,(H,28,31)(H,29,33). The third kappa shape index (κ3) is 4.54. The molecule has 0 spiro atoms. The summed E-state index contributed by atoms with van der Waals surface area (Å²) in [6.07, 6.45) is 5.71. The number of H-pyrrole nitrogens is 1. The molecule has 0 aliphatic rings. The van der Waals surface area contributed by atoms with Crippen molar-refractivity contribution >= 4 is 11.6 Å². The Morgan fingerprint density at radius 1 is 1.09 bits per heavy atom. The van der Waals surface area contributed by atoms with Crippen molar-refractivity contribution in [2.24, 2.45) is 0 Å². The minimum absolute atomic E-state index is 0.174. The van der Waals surface area contributed by atoms with Crippen molar-refractivity contribution in [3.63, 3.8) is 0 Å². The summed E-state index contributed by atoms with van der Waals surface area (Å²) in [6, 6.07) is 20.8. The molecule has 7 heteroatoms. The Balaban J connectivity index is 1.19. The minimum Gasteiger partial charge on any atom is -0.487 e. The quantitative estimate of drug-likeness (QED) is 0.360. The van der Waals surface area contributed by atoms with Crippen LogP contribution in [0.2, 0.25) is 0 Å². The van der Waals surface area contributed by atoms with Gasteiger partial charge in [0.05, 0.1) is 23.6 Å². The van der Waals surface area contributed by atoms with Gasteiger partial charge >= 0.3 is 0 Å². The van der Waals surface area contributed by atoms with E-state index in [1.165, 1.54) is 0 Å². The second kappa shape index (κ2) is 9.23. The Bertz CT molecular complexity index is 1420. The van der Waals surface area contributed by atoms with E-state index in [-0.39, 0.29) is 11.9 Å². The number of rotatable bonds is 7. The van der Waals surface area contributed by atoms with E-state index in [1.54, 1.807) is 30.5 Å². The van der Waals surface area contributed by atoms with E-state index in [4.69, 9.17) is 4.74 Å². The van der Waals surface area contributed by atoms with Crippen LogP contribution in [0.25, 0.3) is 16.9 Å². The number of carbonyl (C=O) groups is 1. The monoisotopic (exact) mass is 451 g/mol. The van der Waals surface area contributed by atoms with E-state index in [2.05, 4.69) is 20.3 Å². The summed E-state index contributed by atoms with van der Waals surface area (Å²) in [5, 5.41) is 2.99. The molecular weight excluding hydrogens is 426 g/mol. The molecular formula is C27H25N5O2. The van der Waals surface area contributed by atoms with Crippen molar-refractivity contribution in [2.75, 3.05) is 0 Å². The van der Waals surface area contributed by atoms with Gasteiger partial charge in [-0.2, -0.15) is 0 Å². The van der Waals surface area contributed by atoms with Gasteiger partial charge in [0.2, 0.25) is 0 Å². The molecule has 34 heavy (non-hydrogen) atoms. The highest BCUT2D eigenvalue weighted by Gasteiger charge is 2.15. The number of aryl methyl sites for hydroxylation is 1. The molecule has 7 nitrogen and oxygen atoms in total.